The van der Waals surface area contributed by atoms with E-state index in [0.717, 1.165) is 11.3 Å². The number of anilines is 1. The summed E-state index contributed by atoms with van der Waals surface area (Å²) in [5.74, 6) is -1.92. The number of nitrogens with two attached hydrogens (primary N) is 1. The van der Waals surface area contributed by atoms with Crippen molar-refractivity contribution in [1.82, 2.24) is 20.3 Å². The van der Waals surface area contributed by atoms with Crippen LogP contribution in [0.5, 0.6) is 0 Å². The van der Waals surface area contributed by atoms with Crippen LogP contribution in [0.4, 0.5) is 10.5 Å². The average Bonchev–Trinajstić information content (AvgIpc) is 3.68. The molecule has 1 heterocycles. The Morgan fingerprint density at radius 3 is 1.85 bits per heavy atom. The number of carbonyl (C=O) groups excluding carboxylic acids is 5. The van der Waals surface area contributed by atoms with Gasteiger partial charge < -0.3 is 49.5 Å². The molecule has 338 valence electrons. The highest BCUT2D eigenvalue weighted by molar-refractivity contribution is 5.95. The minimum atomic E-state index is -0.713. The number of ketones is 2. The summed E-state index contributed by atoms with van der Waals surface area (Å²) >= 11 is 0. The Balaban J connectivity index is 1.49. The van der Waals surface area contributed by atoms with Gasteiger partial charge in [-0.2, -0.15) is 0 Å². The van der Waals surface area contributed by atoms with Crippen molar-refractivity contribution in [2.24, 2.45) is 17.1 Å². The first-order valence-electron chi connectivity index (χ1n) is 20.6. The van der Waals surface area contributed by atoms with Crippen LogP contribution in [0.3, 0.4) is 0 Å². The molecule has 3 amide bonds. The van der Waals surface area contributed by atoms with Gasteiger partial charge in [0.2, 0.25) is 5.91 Å². The summed E-state index contributed by atoms with van der Waals surface area (Å²) in [5, 5.41) is 13.6. The molecule has 0 aliphatic heterocycles. The van der Waals surface area contributed by atoms with Crippen molar-refractivity contribution in [3.8, 4) is 0 Å². The smallest absolute Gasteiger partial charge is 0.312 e. The lowest BCUT2D eigenvalue weighted by Gasteiger charge is -2.17. The average molecular weight is 849 g/mol. The van der Waals surface area contributed by atoms with Crippen LogP contribution >= 0.6 is 0 Å². The number of benzene rings is 1. The van der Waals surface area contributed by atoms with Crippen molar-refractivity contribution in [3.63, 3.8) is 0 Å². The fourth-order valence-corrected chi connectivity index (χ4v) is 5.13. The fourth-order valence-electron chi connectivity index (χ4n) is 5.13. The maximum atomic E-state index is 13.2. The zero-order chi connectivity index (χ0) is 44.2. The van der Waals surface area contributed by atoms with Crippen molar-refractivity contribution in [1.29, 1.82) is 0 Å². The highest BCUT2D eigenvalue weighted by Gasteiger charge is 2.24. The van der Waals surface area contributed by atoms with Gasteiger partial charge in [-0.05, 0) is 57.7 Å². The molecule has 0 spiro atoms. The molecule has 1 aromatic carbocycles. The van der Waals surface area contributed by atoms with Gasteiger partial charge in [0.05, 0.1) is 77.1 Å². The molecular formula is C42H68N6O12. The number of carbonyl (C=O) groups is 5. The molecule has 0 radical (unpaired) electrons. The number of aromatic nitrogens is 3. The number of rotatable bonds is 33. The molecule has 0 unspecified atom stereocenters. The zero-order valence-corrected chi connectivity index (χ0v) is 36.4. The minimum Gasteiger partial charge on any atom is -0.460 e. The van der Waals surface area contributed by atoms with Crippen molar-refractivity contribution >= 4 is 35.2 Å². The van der Waals surface area contributed by atoms with Crippen molar-refractivity contribution in [2.75, 3.05) is 91.1 Å². The van der Waals surface area contributed by atoms with Crippen LogP contribution < -0.4 is 16.4 Å². The van der Waals surface area contributed by atoms with Crippen LogP contribution in [0.2, 0.25) is 0 Å². The normalized spacial score (nSPS) is 12.2. The second kappa shape index (κ2) is 29.0. The van der Waals surface area contributed by atoms with Gasteiger partial charge in [0.1, 0.15) is 19.8 Å². The number of Topliss-reactive ketones (excluding diaryl/α,β-unsaturated/α-hetero) is 2. The Morgan fingerprint density at radius 2 is 1.30 bits per heavy atom. The summed E-state index contributed by atoms with van der Waals surface area (Å²) in [4.78, 5) is 61.3. The van der Waals surface area contributed by atoms with E-state index in [2.05, 4.69) is 41.7 Å². The van der Waals surface area contributed by atoms with Gasteiger partial charge in [0.15, 0.2) is 11.6 Å². The Labute approximate surface area is 354 Å². The second-order valence-electron chi connectivity index (χ2n) is 16.2. The molecule has 0 saturated heterocycles. The Bertz CT molecular complexity index is 1560. The first-order valence-corrected chi connectivity index (χ1v) is 20.6. The number of primary amides is 1. The van der Waals surface area contributed by atoms with E-state index in [-0.39, 0.29) is 68.1 Å². The summed E-state index contributed by atoms with van der Waals surface area (Å²) in [6.45, 7) is 16.4. The lowest BCUT2D eigenvalue weighted by atomic mass is 9.93. The van der Waals surface area contributed by atoms with Gasteiger partial charge in [-0.3, -0.25) is 19.2 Å². The van der Waals surface area contributed by atoms with E-state index in [9.17, 15) is 24.0 Å². The van der Waals surface area contributed by atoms with Crippen molar-refractivity contribution in [3.05, 3.63) is 41.7 Å². The van der Waals surface area contributed by atoms with Gasteiger partial charge in [-0.1, -0.05) is 38.1 Å². The fraction of sp³-hybridized carbons (Fsp3) is 0.690. The van der Waals surface area contributed by atoms with Gasteiger partial charge >= 0.3 is 12.0 Å². The quantitative estimate of drug-likeness (QED) is 0.0686. The van der Waals surface area contributed by atoms with Gasteiger partial charge in [0, 0.05) is 49.2 Å². The highest BCUT2D eigenvalue weighted by Crippen LogP contribution is 2.20. The minimum absolute atomic E-state index is 0.0321. The SMILES string of the molecule is CC(C)(C)C(=O)OCc1ccc(NC(=O)[C@H](CCCNC(N)=O)CC(=O)COCC(=O)CCCOCCOCCOCCOCCOCCn2cc(C(C)(C)C)nn2)cc1. The molecular weight excluding hydrogens is 780 g/mol. The molecule has 1 atom stereocenters. The van der Waals surface area contributed by atoms with E-state index in [1.807, 2.05) is 6.20 Å². The maximum Gasteiger partial charge on any atom is 0.312 e. The number of nitrogens with one attached hydrogen (secondary N) is 2. The Kier molecular flexibility index (Phi) is 25.1. The van der Waals surface area contributed by atoms with Crippen molar-refractivity contribution < 1.29 is 57.1 Å². The highest BCUT2D eigenvalue weighted by atomic mass is 16.6. The van der Waals surface area contributed by atoms with Gasteiger partial charge in [-0.15, -0.1) is 5.10 Å². The zero-order valence-electron chi connectivity index (χ0n) is 36.4. The molecule has 0 fully saturated rings. The van der Waals surface area contributed by atoms with E-state index >= 15 is 0 Å². The summed E-state index contributed by atoms with van der Waals surface area (Å²) in [5.41, 5.74) is 6.69. The van der Waals surface area contributed by atoms with Crippen molar-refractivity contribution in [2.45, 2.75) is 92.2 Å². The third-order valence-corrected chi connectivity index (χ3v) is 8.61. The van der Waals surface area contributed by atoms with E-state index in [0.29, 0.717) is 97.6 Å². The summed E-state index contributed by atoms with van der Waals surface area (Å²) in [7, 11) is 0. The molecule has 0 aliphatic carbocycles. The lowest BCUT2D eigenvalue weighted by molar-refractivity contribution is -0.154. The molecule has 4 N–H and O–H groups in total. The second-order valence-corrected chi connectivity index (χ2v) is 16.2. The first kappa shape index (κ1) is 51.8. The van der Waals surface area contributed by atoms with E-state index in [1.165, 1.54) is 0 Å². The molecule has 60 heavy (non-hydrogen) atoms. The maximum absolute atomic E-state index is 13.2. The summed E-state index contributed by atoms with van der Waals surface area (Å²) < 4.78 is 40.1. The molecule has 0 bridgehead atoms. The number of ether oxygens (including phenoxy) is 7. The van der Waals surface area contributed by atoms with Crippen LogP contribution in [-0.2, 0) is 70.9 Å². The van der Waals surface area contributed by atoms with Gasteiger partial charge in [0.25, 0.3) is 0 Å². The van der Waals surface area contributed by atoms with Crippen LogP contribution in [0.15, 0.2) is 30.5 Å². The molecule has 18 nitrogen and oxygen atoms in total. The number of esters is 1. The summed E-state index contributed by atoms with van der Waals surface area (Å²) in [6, 6.07) is 6.15. The molecule has 2 rings (SSSR count). The monoisotopic (exact) mass is 848 g/mol. The van der Waals surface area contributed by atoms with Crippen LogP contribution in [0.1, 0.15) is 84.9 Å². The number of hydrogen-bond acceptors (Lipinski definition) is 14. The summed E-state index contributed by atoms with van der Waals surface area (Å²) in [6.07, 6.45) is 3.27. The third kappa shape index (κ3) is 24.7. The van der Waals surface area contributed by atoms with E-state index in [1.54, 1.807) is 49.7 Å². The largest absolute Gasteiger partial charge is 0.460 e. The van der Waals surface area contributed by atoms with Crippen LogP contribution in [-0.4, -0.2) is 130 Å². The number of nitrogens with zero attached hydrogens (tertiary/aromatic N) is 3. The third-order valence-electron chi connectivity index (χ3n) is 8.61. The molecule has 2 aromatic rings. The Morgan fingerprint density at radius 1 is 0.733 bits per heavy atom. The number of amides is 3. The standard InChI is InChI=1S/C42H68N6O12/c1-41(2,3)37-28-48(47-46-37)16-18-55-20-22-57-24-26-58-25-23-56-21-19-54-17-8-10-35(49)30-59-31-36(50)27-33(9-7-15-44-40(43)53)38(51)45-34-13-11-32(12-14-34)29-60-39(52)42(4,5)6/h11-14,28,33H,7-10,15-27,29-31H2,1-6H3,(H,45,51)(H3,43,44,53)/t33-/m1/s1. The number of urea groups is 1. The first-order chi connectivity index (χ1) is 28.5. The predicted octanol–water partition coefficient (Wildman–Crippen LogP) is 3.78. The van der Waals surface area contributed by atoms with Crippen LogP contribution in [0.25, 0.3) is 0 Å². The Hall–Kier alpha value is -4.33. The molecule has 0 aliphatic rings. The molecule has 1 aromatic heterocycles. The van der Waals surface area contributed by atoms with E-state index < -0.39 is 17.4 Å². The van der Waals surface area contributed by atoms with Gasteiger partial charge in [-0.25, -0.2) is 9.48 Å². The topological polar surface area (TPSA) is 231 Å². The molecule has 18 heteroatoms. The molecule has 0 saturated carbocycles. The number of hydrogen-bond donors (Lipinski definition) is 3. The predicted molar refractivity (Wildman–Crippen MR) is 222 cm³/mol. The van der Waals surface area contributed by atoms with E-state index in [4.69, 9.17) is 38.9 Å². The van der Waals surface area contributed by atoms with Crippen LogP contribution in [0, 0.1) is 11.3 Å². The lowest BCUT2D eigenvalue weighted by Crippen LogP contribution is -2.31.